The zero-order valence-corrected chi connectivity index (χ0v) is 10.5. The van der Waals surface area contributed by atoms with E-state index in [4.69, 9.17) is 5.73 Å². The van der Waals surface area contributed by atoms with E-state index in [2.05, 4.69) is 50.0 Å². The molecule has 78 valence electrons. The highest BCUT2D eigenvalue weighted by Gasteiger charge is 2.25. The van der Waals surface area contributed by atoms with Crippen LogP contribution >= 0.6 is 0 Å². The summed E-state index contributed by atoms with van der Waals surface area (Å²) in [6.45, 7) is 8.01. The predicted molar refractivity (Wildman–Crippen MR) is 66.3 cm³/mol. The van der Waals surface area contributed by atoms with Gasteiger partial charge in [-0.15, -0.1) is 0 Å². The number of nitrogens with two attached hydrogens (primary N) is 1. The average Bonchev–Trinajstić information content (AvgIpc) is 2.14. The van der Waals surface area contributed by atoms with Crippen LogP contribution in [0.5, 0.6) is 0 Å². The van der Waals surface area contributed by atoms with E-state index in [1.807, 2.05) is 0 Å². The molecule has 14 heavy (non-hydrogen) atoms. The van der Waals surface area contributed by atoms with E-state index >= 15 is 0 Å². The van der Waals surface area contributed by atoms with Gasteiger partial charge in [-0.05, 0) is 24.1 Å². The molecule has 2 N–H and O–H groups in total. The van der Waals surface area contributed by atoms with Crippen LogP contribution in [0.15, 0.2) is 30.3 Å². The Morgan fingerprint density at radius 2 is 1.71 bits per heavy atom. The Bertz CT molecular complexity index is 263. The second-order valence-electron chi connectivity index (χ2n) is 4.99. The minimum absolute atomic E-state index is 0.699. The molecule has 0 fully saturated rings. The van der Waals surface area contributed by atoms with Crippen molar-refractivity contribution in [2.75, 3.05) is 6.54 Å². The molecule has 1 aromatic carbocycles. The lowest BCUT2D eigenvalue weighted by molar-refractivity contribution is 0.796. The SMILES string of the molecule is C[Si](C)(C)C(CN)Cc1ccccc1. The Balaban J connectivity index is 2.67. The molecule has 0 aromatic heterocycles. The molecule has 1 nitrogen and oxygen atoms in total. The molecule has 2 heteroatoms. The third kappa shape index (κ3) is 3.27. The normalized spacial score (nSPS) is 14.0. The topological polar surface area (TPSA) is 26.0 Å². The summed E-state index contributed by atoms with van der Waals surface area (Å²) in [4.78, 5) is 0. The van der Waals surface area contributed by atoms with Crippen LogP contribution in [0.25, 0.3) is 0 Å². The fraction of sp³-hybridized carbons (Fsp3) is 0.500. The van der Waals surface area contributed by atoms with Gasteiger partial charge in [-0.25, -0.2) is 0 Å². The summed E-state index contributed by atoms with van der Waals surface area (Å²) in [6, 6.07) is 10.7. The Kier molecular flexibility index (Phi) is 3.90. The highest BCUT2D eigenvalue weighted by molar-refractivity contribution is 6.77. The fourth-order valence-electron chi connectivity index (χ4n) is 1.64. The molecular formula is C12H21NSi. The molecule has 0 heterocycles. The molecule has 0 saturated heterocycles. The lowest BCUT2D eigenvalue weighted by Gasteiger charge is -2.27. The second-order valence-corrected chi connectivity index (χ2v) is 10.5. The van der Waals surface area contributed by atoms with E-state index in [1.165, 1.54) is 5.56 Å². The largest absolute Gasteiger partial charge is 0.330 e. The Morgan fingerprint density at radius 1 is 1.14 bits per heavy atom. The number of benzene rings is 1. The van der Waals surface area contributed by atoms with Crippen LogP contribution in [-0.4, -0.2) is 14.6 Å². The number of rotatable bonds is 4. The van der Waals surface area contributed by atoms with Crippen LogP contribution < -0.4 is 5.73 Å². The molecule has 1 rings (SSSR count). The molecule has 1 aromatic rings. The average molecular weight is 207 g/mol. The lowest BCUT2D eigenvalue weighted by Crippen LogP contribution is -2.34. The maximum absolute atomic E-state index is 5.84. The first-order valence-corrected chi connectivity index (χ1v) is 8.86. The van der Waals surface area contributed by atoms with Crippen molar-refractivity contribution in [1.82, 2.24) is 0 Å². The Morgan fingerprint density at radius 3 is 2.14 bits per heavy atom. The summed E-state index contributed by atoms with van der Waals surface area (Å²) in [5.74, 6) is 0. The number of hydrogen-bond acceptors (Lipinski definition) is 1. The number of hydrogen-bond donors (Lipinski definition) is 1. The molecule has 0 bridgehead atoms. The van der Waals surface area contributed by atoms with E-state index in [-0.39, 0.29) is 0 Å². The van der Waals surface area contributed by atoms with Gasteiger partial charge in [0.15, 0.2) is 0 Å². The van der Waals surface area contributed by atoms with Gasteiger partial charge in [0.25, 0.3) is 0 Å². The minimum Gasteiger partial charge on any atom is -0.330 e. The van der Waals surface area contributed by atoms with Crippen molar-refractivity contribution in [3.63, 3.8) is 0 Å². The Labute approximate surface area is 88.3 Å². The van der Waals surface area contributed by atoms with Gasteiger partial charge < -0.3 is 5.73 Å². The summed E-state index contributed by atoms with van der Waals surface area (Å²) < 4.78 is 0. The van der Waals surface area contributed by atoms with Crippen LogP contribution in [0.4, 0.5) is 0 Å². The first kappa shape index (κ1) is 11.5. The maximum atomic E-state index is 5.84. The van der Waals surface area contributed by atoms with Crippen LogP contribution in [0.1, 0.15) is 5.56 Å². The maximum Gasteiger partial charge on any atom is 0.0491 e. The summed E-state index contributed by atoms with van der Waals surface area (Å²) in [5.41, 5.74) is 7.96. The monoisotopic (exact) mass is 207 g/mol. The summed E-state index contributed by atoms with van der Waals surface area (Å²) in [6.07, 6.45) is 1.15. The van der Waals surface area contributed by atoms with Crippen molar-refractivity contribution in [2.24, 2.45) is 5.73 Å². The van der Waals surface area contributed by atoms with E-state index < -0.39 is 8.07 Å². The molecule has 1 unspecified atom stereocenters. The minimum atomic E-state index is -1.09. The van der Waals surface area contributed by atoms with E-state index in [9.17, 15) is 0 Å². The quantitative estimate of drug-likeness (QED) is 0.755. The van der Waals surface area contributed by atoms with Crippen molar-refractivity contribution >= 4 is 8.07 Å². The molecule has 0 radical (unpaired) electrons. The first-order chi connectivity index (χ1) is 6.54. The van der Waals surface area contributed by atoms with Crippen LogP contribution in [0.3, 0.4) is 0 Å². The van der Waals surface area contributed by atoms with Gasteiger partial charge in [0.05, 0.1) is 0 Å². The van der Waals surface area contributed by atoms with Crippen molar-refractivity contribution < 1.29 is 0 Å². The van der Waals surface area contributed by atoms with Gasteiger partial charge >= 0.3 is 0 Å². The summed E-state index contributed by atoms with van der Waals surface area (Å²) in [5, 5.41) is 0. The van der Waals surface area contributed by atoms with Crippen molar-refractivity contribution in [2.45, 2.75) is 31.6 Å². The third-order valence-corrected chi connectivity index (χ3v) is 5.72. The molecule has 1 atom stereocenters. The molecule has 0 aliphatic rings. The van der Waals surface area contributed by atoms with Crippen LogP contribution in [0.2, 0.25) is 25.2 Å². The Hall–Kier alpha value is -0.603. The molecule has 0 saturated carbocycles. The molecule has 0 aliphatic carbocycles. The zero-order valence-electron chi connectivity index (χ0n) is 9.46. The van der Waals surface area contributed by atoms with Crippen LogP contribution in [0, 0.1) is 0 Å². The summed E-state index contributed by atoms with van der Waals surface area (Å²) >= 11 is 0. The van der Waals surface area contributed by atoms with Gasteiger partial charge in [-0.1, -0.05) is 50.0 Å². The molecule has 0 aliphatic heterocycles. The van der Waals surface area contributed by atoms with Crippen molar-refractivity contribution in [3.8, 4) is 0 Å². The van der Waals surface area contributed by atoms with Gasteiger partial charge in [0, 0.05) is 8.07 Å². The highest BCUT2D eigenvalue weighted by Crippen LogP contribution is 2.24. The van der Waals surface area contributed by atoms with Gasteiger partial charge in [-0.2, -0.15) is 0 Å². The summed E-state index contributed by atoms with van der Waals surface area (Å²) in [7, 11) is -1.09. The first-order valence-electron chi connectivity index (χ1n) is 5.28. The zero-order chi connectivity index (χ0) is 10.6. The van der Waals surface area contributed by atoms with E-state index in [0.717, 1.165) is 13.0 Å². The molecule has 0 amide bonds. The van der Waals surface area contributed by atoms with Crippen molar-refractivity contribution in [1.29, 1.82) is 0 Å². The standard InChI is InChI=1S/C12H21NSi/c1-14(2,3)12(10-13)9-11-7-5-4-6-8-11/h4-8,12H,9-10,13H2,1-3H3. The fourth-order valence-corrected chi connectivity index (χ4v) is 3.20. The molecule has 0 spiro atoms. The third-order valence-electron chi connectivity index (χ3n) is 2.83. The van der Waals surface area contributed by atoms with Gasteiger partial charge in [0.1, 0.15) is 0 Å². The van der Waals surface area contributed by atoms with Gasteiger partial charge in [0.2, 0.25) is 0 Å². The van der Waals surface area contributed by atoms with Crippen molar-refractivity contribution in [3.05, 3.63) is 35.9 Å². The van der Waals surface area contributed by atoms with Gasteiger partial charge in [-0.3, -0.25) is 0 Å². The smallest absolute Gasteiger partial charge is 0.0491 e. The van der Waals surface area contributed by atoms with E-state index in [1.54, 1.807) is 0 Å². The second kappa shape index (κ2) is 4.76. The lowest BCUT2D eigenvalue weighted by atomic mass is 10.1. The highest BCUT2D eigenvalue weighted by atomic mass is 28.3. The molecular weight excluding hydrogens is 186 g/mol. The van der Waals surface area contributed by atoms with E-state index in [0.29, 0.717) is 5.54 Å². The predicted octanol–water partition coefficient (Wildman–Crippen LogP) is 2.90. The van der Waals surface area contributed by atoms with Crippen LogP contribution in [-0.2, 0) is 6.42 Å².